The summed E-state index contributed by atoms with van der Waals surface area (Å²) in [5.74, 6) is 0.144. The fourth-order valence-electron chi connectivity index (χ4n) is 2.68. The first-order chi connectivity index (χ1) is 9.20. The van der Waals surface area contributed by atoms with Crippen LogP contribution < -0.4 is 5.32 Å². The number of hydrogen-bond acceptors (Lipinski definition) is 2. The Labute approximate surface area is 115 Å². The third-order valence-corrected chi connectivity index (χ3v) is 3.58. The Morgan fingerprint density at radius 3 is 2.84 bits per heavy atom. The lowest BCUT2D eigenvalue weighted by molar-refractivity contribution is -0.124. The summed E-state index contributed by atoms with van der Waals surface area (Å²) in [6.07, 6.45) is 4.27. The van der Waals surface area contributed by atoms with Crippen LogP contribution in [0.15, 0.2) is 35.9 Å². The lowest BCUT2D eigenvalue weighted by Crippen LogP contribution is -2.42. The van der Waals surface area contributed by atoms with Crippen molar-refractivity contribution >= 4 is 12.0 Å². The fraction of sp³-hybridized carbons (Fsp3) is 0.438. The van der Waals surface area contributed by atoms with Gasteiger partial charge in [0.25, 0.3) is 0 Å². The van der Waals surface area contributed by atoms with Gasteiger partial charge in [-0.25, -0.2) is 0 Å². The number of likely N-dealkylation sites (N-methyl/N-ethyl adjacent to an activating group) is 1. The molecular formula is C16H22N2O. The average Bonchev–Trinajstić information content (AvgIpc) is 2.87. The minimum absolute atomic E-state index is 0.0455. The molecule has 1 aromatic rings. The highest BCUT2D eigenvalue weighted by molar-refractivity contribution is 5.81. The van der Waals surface area contributed by atoms with Gasteiger partial charge in [-0.1, -0.05) is 42.0 Å². The Kier molecular flexibility index (Phi) is 4.74. The molecule has 1 saturated heterocycles. The van der Waals surface area contributed by atoms with Gasteiger partial charge in [0.1, 0.15) is 0 Å². The van der Waals surface area contributed by atoms with Gasteiger partial charge in [-0.15, -0.1) is 0 Å². The highest BCUT2D eigenvalue weighted by Crippen LogP contribution is 2.19. The van der Waals surface area contributed by atoms with E-state index in [4.69, 9.17) is 0 Å². The van der Waals surface area contributed by atoms with Gasteiger partial charge in [0, 0.05) is 13.6 Å². The maximum Gasteiger partial charge on any atom is 0.237 e. The zero-order chi connectivity index (χ0) is 13.7. The molecule has 0 spiro atoms. The second-order valence-corrected chi connectivity index (χ2v) is 5.14. The molecule has 3 heteroatoms. The molecule has 1 heterocycles. The van der Waals surface area contributed by atoms with E-state index in [0.29, 0.717) is 0 Å². The van der Waals surface area contributed by atoms with E-state index in [1.807, 2.05) is 18.2 Å². The Morgan fingerprint density at radius 1 is 1.42 bits per heavy atom. The molecule has 0 bridgehead atoms. The number of amides is 1. The molecule has 1 unspecified atom stereocenters. The molecule has 1 fully saturated rings. The standard InChI is InChI=1S/C16H22N2O/c1-13(11-14-7-4-3-5-8-14)12-18-10-6-9-15(18)16(19)17-2/h3-5,7-8,11,15H,6,9-10,12H2,1-2H3,(H,17,19)/b13-11+. The molecule has 0 radical (unpaired) electrons. The lowest BCUT2D eigenvalue weighted by atomic mass is 10.1. The van der Waals surface area contributed by atoms with Gasteiger partial charge >= 0.3 is 0 Å². The molecule has 0 aromatic heterocycles. The van der Waals surface area contributed by atoms with Gasteiger partial charge in [-0.2, -0.15) is 0 Å². The van der Waals surface area contributed by atoms with Crippen LogP contribution in [0.2, 0.25) is 0 Å². The molecule has 2 rings (SSSR count). The normalized spacial score (nSPS) is 20.5. The minimum atomic E-state index is 0.0455. The van der Waals surface area contributed by atoms with E-state index in [-0.39, 0.29) is 11.9 Å². The first kappa shape index (κ1) is 13.8. The molecule has 1 aromatic carbocycles. The highest BCUT2D eigenvalue weighted by Gasteiger charge is 2.29. The average molecular weight is 258 g/mol. The van der Waals surface area contributed by atoms with Crippen LogP contribution >= 0.6 is 0 Å². The van der Waals surface area contributed by atoms with E-state index >= 15 is 0 Å². The number of nitrogens with zero attached hydrogens (tertiary/aromatic N) is 1. The van der Waals surface area contributed by atoms with E-state index in [9.17, 15) is 4.79 Å². The van der Waals surface area contributed by atoms with Crippen LogP contribution in [0.4, 0.5) is 0 Å². The van der Waals surface area contributed by atoms with Gasteiger partial charge in [0.15, 0.2) is 0 Å². The summed E-state index contributed by atoms with van der Waals surface area (Å²) in [5.41, 5.74) is 2.51. The predicted molar refractivity (Wildman–Crippen MR) is 78.8 cm³/mol. The van der Waals surface area contributed by atoms with Crippen LogP contribution in [0, 0.1) is 0 Å². The first-order valence-corrected chi connectivity index (χ1v) is 6.88. The largest absolute Gasteiger partial charge is 0.358 e. The maximum atomic E-state index is 11.8. The molecule has 19 heavy (non-hydrogen) atoms. The Bertz CT molecular complexity index is 453. The van der Waals surface area contributed by atoms with Gasteiger partial charge < -0.3 is 5.32 Å². The van der Waals surface area contributed by atoms with Gasteiger partial charge in [0.2, 0.25) is 5.91 Å². The molecule has 0 aliphatic carbocycles. The predicted octanol–water partition coefficient (Wildman–Crippen LogP) is 2.30. The molecule has 1 amide bonds. The van der Waals surface area contributed by atoms with Crippen LogP contribution in [-0.2, 0) is 4.79 Å². The SMILES string of the molecule is CNC(=O)C1CCCN1C/C(C)=C/c1ccccc1. The number of likely N-dealkylation sites (tertiary alicyclic amines) is 1. The summed E-state index contributed by atoms with van der Waals surface area (Å²) in [4.78, 5) is 14.1. The van der Waals surface area contributed by atoms with E-state index < -0.39 is 0 Å². The number of rotatable bonds is 4. The first-order valence-electron chi connectivity index (χ1n) is 6.88. The smallest absolute Gasteiger partial charge is 0.237 e. The van der Waals surface area contributed by atoms with Crippen molar-refractivity contribution < 1.29 is 4.79 Å². The van der Waals surface area contributed by atoms with E-state index in [1.165, 1.54) is 11.1 Å². The quantitative estimate of drug-likeness (QED) is 0.898. The minimum Gasteiger partial charge on any atom is -0.358 e. The second-order valence-electron chi connectivity index (χ2n) is 5.14. The number of carbonyl (C=O) groups excluding carboxylic acids is 1. The van der Waals surface area contributed by atoms with Crippen molar-refractivity contribution in [2.75, 3.05) is 20.1 Å². The zero-order valence-corrected chi connectivity index (χ0v) is 11.7. The molecule has 1 N–H and O–H groups in total. The zero-order valence-electron chi connectivity index (χ0n) is 11.7. The summed E-state index contributed by atoms with van der Waals surface area (Å²) >= 11 is 0. The van der Waals surface area contributed by atoms with Crippen LogP contribution in [0.1, 0.15) is 25.3 Å². The van der Waals surface area contributed by atoms with E-state index in [0.717, 1.165) is 25.9 Å². The number of nitrogens with one attached hydrogen (secondary N) is 1. The van der Waals surface area contributed by atoms with Crippen LogP contribution in [0.5, 0.6) is 0 Å². The third kappa shape index (κ3) is 3.67. The Morgan fingerprint density at radius 2 is 2.16 bits per heavy atom. The number of benzene rings is 1. The molecule has 1 aliphatic heterocycles. The fourth-order valence-corrected chi connectivity index (χ4v) is 2.68. The lowest BCUT2D eigenvalue weighted by Gasteiger charge is -2.23. The molecule has 0 saturated carbocycles. The molecule has 3 nitrogen and oxygen atoms in total. The topological polar surface area (TPSA) is 32.3 Å². The summed E-state index contributed by atoms with van der Waals surface area (Å²) in [7, 11) is 1.71. The van der Waals surface area contributed by atoms with Crippen molar-refractivity contribution in [1.29, 1.82) is 0 Å². The van der Waals surface area contributed by atoms with Crippen molar-refractivity contribution in [2.45, 2.75) is 25.8 Å². The van der Waals surface area contributed by atoms with Gasteiger partial charge in [-0.05, 0) is 31.9 Å². The number of carbonyl (C=O) groups is 1. The maximum absolute atomic E-state index is 11.8. The molecule has 1 atom stereocenters. The third-order valence-electron chi connectivity index (χ3n) is 3.58. The van der Waals surface area contributed by atoms with Gasteiger partial charge in [0.05, 0.1) is 6.04 Å². The van der Waals surface area contributed by atoms with E-state index in [1.54, 1.807) is 7.05 Å². The Hall–Kier alpha value is -1.61. The van der Waals surface area contributed by atoms with Crippen LogP contribution in [0.3, 0.4) is 0 Å². The summed E-state index contributed by atoms with van der Waals surface area (Å²) in [5, 5.41) is 2.76. The van der Waals surface area contributed by atoms with Crippen LogP contribution in [0.25, 0.3) is 6.08 Å². The highest BCUT2D eigenvalue weighted by atomic mass is 16.2. The number of hydrogen-bond donors (Lipinski definition) is 1. The molecule has 1 aliphatic rings. The summed E-state index contributed by atoms with van der Waals surface area (Å²) in [6, 6.07) is 10.4. The van der Waals surface area contributed by atoms with Crippen molar-refractivity contribution in [3.05, 3.63) is 41.5 Å². The van der Waals surface area contributed by atoms with Crippen molar-refractivity contribution in [2.24, 2.45) is 0 Å². The van der Waals surface area contributed by atoms with E-state index in [2.05, 4.69) is 35.3 Å². The Balaban J connectivity index is 2.00. The molecule has 102 valence electrons. The monoisotopic (exact) mass is 258 g/mol. The van der Waals surface area contributed by atoms with Crippen molar-refractivity contribution in [1.82, 2.24) is 10.2 Å². The second kappa shape index (κ2) is 6.53. The van der Waals surface area contributed by atoms with Crippen molar-refractivity contribution in [3.63, 3.8) is 0 Å². The van der Waals surface area contributed by atoms with Gasteiger partial charge in [-0.3, -0.25) is 9.69 Å². The summed E-state index contributed by atoms with van der Waals surface area (Å²) < 4.78 is 0. The van der Waals surface area contributed by atoms with Crippen LogP contribution in [-0.4, -0.2) is 37.0 Å². The van der Waals surface area contributed by atoms with Crippen molar-refractivity contribution in [3.8, 4) is 0 Å². The summed E-state index contributed by atoms with van der Waals surface area (Å²) in [6.45, 7) is 4.01. The molecular weight excluding hydrogens is 236 g/mol.